The van der Waals surface area contributed by atoms with E-state index >= 15 is 0 Å². The van der Waals surface area contributed by atoms with E-state index in [9.17, 15) is 0 Å². The zero-order valence-corrected chi connectivity index (χ0v) is 10.1. The number of halogens is 1. The molecule has 4 nitrogen and oxygen atoms in total. The van der Waals surface area contributed by atoms with Gasteiger partial charge in [-0.2, -0.15) is 4.98 Å². The maximum Gasteiger partial charge on any atom is 0.318 e. The highest BCUT2D eigenvalue weighted by atomic mass is 35.5. The lowest BCUT2D eigenvalue weighted by molar-refractivity contribution is 0.380. The van der Waals surface area contributed by atoms with Crippen molar-refractivity contribution in [3.63, 3.8) is 0 Å². The molecule has 0 aliphatic carbocycles. The molecule has 0 aromatic carbocycles. The van der Waals surface area contributed by atoms with Crippen LogP contribution in [0.1, 0.15) is 19.8 Å². The van der Waals surface area contributed by atoms with Gasteiger partial charge in [0.15, 0.2) is 5.82 Å². The summed E-state index contributed by atoms with van der Waals surface area (Å²) in [6, 6.07) is 0.435. The third-order valence-electron chi connectivity index (χ3n) is 2.10. The molecule has 0 saturated carbocycles. The highest BCUT2D eigenvalue weighted by molar-refractivity contribution is 6.32. The van der Waals surface area contributed by atoms with Gasteiger partial charge in [0.05, 0.1) is 13.3 Å². The van der Waals surface area contributed by atoms with Gasteiger partial charge in [-0.3, -0.25) is 0 Å². The zero-order valence-electron chi connectivity index (χ0n) is 9.33. The quantitative estimate of drug-likeness (QED) is 0.802. The lowest BCUT2D eigenvalue weighted by Gasteiger charge is -2.15. The molecule has 0 bridgehead atoms. The fraction of sp³-hybridized carbons (Fsp3) is 0.455. The zero-order chi connectivity index (χ0) is 12.0. The number of nitrogens with one attached hydrogen (secondary N) is 1. The van der Waals surface area contributed by atoms with E-state index in [0.717, 1.165) is 6.42 Å². The fourth-order valence-corrected chi connectivity index (χ4v) is 1.33. The van der Waals surface area contributed by atoms with Gasteiger partial charge in [0.25, 0.3) is 0 Å². The van der Waals surface area contributed by atoms with E-state index < -0.39 is 0 Å². The first-order valence-electron chi connectivity index (χ1n) is 4.97. The molecular weight excluding hydrogens is 226 g/mol. The summed E-state index contributed by atoms with van der Waals surface area (Å²) in [4.78, 5) is 8.01. The van der Waals surface area contributed by atoms with Crippen molar-refractivity contribution in [3.05, 3.63) is 11.2 Å². The van der Waals surface area contributed by atoms with E-state index in [4.69, 9.17) is 22.8 Å². The number of hydrogen-bond acceptors (Lipinski definition) is 4. The van der Waals surface area contributed by atoms with Gasteiger partial charge in [0.2, 0.25) is 0 Å². The number of aromatic nitrogens is 2. The molecular formula is C11H14ClN3O. The van der Waals surface area contributed by atoms with Crippen molar-refractivity contribution < 1.29 is 4.74 Å². The minimum Gasteiger partial charge on any atom is -0.467 e. The molecule has 1 atom stereocenters. The highest BCUT2D eigenvalue weighted by Gasteiger charge is 2.10. The second kappa shape index (κ2) is 6.19. The van der Waals surface area contributed by atoms with Crippen LogP contribution in [0.3, 0.4) is 0 Å². The summed E-state index contributed by atoms with van der Waals surface area (Å²) >= 11 is 5.96. The molecule has 0 fully saturated rings. The van der Waals surface area contributed by atoms with Crippen molar-refractivity contribution in [1.82, 2.24) is 9.97 Å². The molecule has 1 aromatic heterocycles. The lowest BCUT2D eigenvalue weighted by atomic mass is 10.1. The molecule has 1 aromatic rings. The van der Waals surface area contributed by atoms with E-state index in [0.29, 0.717) is 17.3 Å². The first kappa shape index (κ1) is 12.6. The molecule has 1 unspecified atom stereocenters. The Balaban J connectivity index is 2.82. The SMILES string of the molecule is C#CCC(CC)Nc1nc(OC)ncc1Cl. The molecule has 0 spiro atoms. The number of ether oxygens (including phenoxy) is 1. The Morgan fingerprint density at radius 1 is 1.69 bits per heavy atom. The standard InChI is InChI=1S/C11H14ClN3O/c1-4-6-8(5-2)14-10-9(12)7-13-11(15-10)16-3/h1,7-8H,5-6H2,2-3H3,(H,13,14,15). The van der Waals surface area contributed by atoms with E-state index in [2.05, 4.69) is 21.2 Å². The first-order chi connectivity index (χ1) is 7.71. The molecule has 5 heteroatoms. The van der Waals surface area contributed by atoms with Crippen LogP contribution in [0.2, 0.25) is 5.02 Å². The summed E-state index contributed by atoms with van der Waals surface area (Å²) in [7, 11) is 1.51. The Bertz CT molecular complexity index is 389. The van der Waals surface area contributed by atoms with Crippen LogP contribution in [0.15, 0.2) is 6.20 Å². The van der Waals surface area contributed by atoms with E-state index in [-0.39, 0.29) is 12.1 Å². The summed E-state index contributed by atoms with van der Waals surface area (Å²) in [5, 5.41) is 3.62. The molecule has 0 amide bonds. The van der Waals surface area contributed by atoms with Gasteiger partial charge in [-0.25, -0.2) is 4.98 Å². The molecule has 86 valence electrons. The van der Waals surface area contributed by atoms with Crippen LogP contribution >= 0.6 is 11.6 Å². The smallest absolute Gasteiger partial charge is 0.318 e. The summed E-state index contributed by atoms with van der Waals surface area (Å²) in [6.07, 6.45) is 8.29. The number of methoxy groups -OCH3 is 1. The normalized spacial score (nSPS) is 11.6. The number of hydrogen-bond donors (Lipinski definition) is 1. The second-order valence-electron chi connectivity index (χ2n) is 3.21. The summed E-state index contributed by atoms with van der Waals surface area (Å²) in [6.45, 7) is 2.04. The Morgan fingerprint density at radius 2 is 2.44 bits per heavy atom. The van der Waals surface area contributed by atoms with E-state index in [1.54, 1.807) is 0 Å². The van der Waals surface area contributed by atoms with Gasteiger partial charge in [-0.15, -0.1) is 12.3 Å². The van der Waals surface area contributed by atoms with Crippen LogP contribution in [0.4, 0.5) is 5.82 Å². The van der Waals surface area contributed by atoms with E-state index in [1.165, 1.54) is 13.3 Å². The van der Waals surface area contributed by atoms with Crippen molar-refractivity contribution >= 4 is 17.4 Å². The van der Waals surface area contributed by atoms with Crippen molar-refractivity contribution in [3.8, 4) is 18.4 Å². The number of anilines is 1. The minimum absolute atomic E-state index is 0.155. The van der Waals surface area contributed by atoms with Crippen LogP contribution in [-0.2, 0) is 0 Å². The molecule has 0 radical (unpaired) electrons. The lowest BCUT2D eigenvalue weighted by Crippen LogP contribution is -2.19. The van der Waals surface area contributed by atoms with Gasteiger partial charge in [0, 0.05) is 12.5 Å². The predicted octanol–water partition coefficient (Wildman–Crippen LogP) is 2.35. The van der Waals surface area contributed by atoms with Crippen LogP contribution in [0, 0.1) is 12.3 Å². The topological polar surface area (TPSA) is 47.0 Å². The molecule has 0 saturated heterocycles. The van der Waals surface area contributed by atoms with Crippen molar-refractivity contribution in [2.24, 2.45) is 0 Å². The molecule has 16 heavy (non-hydrogen) atoms. The van der Waals surface area contributed by atoms with Crippen molar-refractivity contribution in [1.29, 1.82) is 0 Å². The molecule has 0 aliphatic heterocycles. The van der Waals surface area contributed by atoms with Gasteiger partial charge in [-0.1, -0.05) is 18.5 Å². The van der Waals surface area contributed by atoms with Crippen molar-refractivity contribution in [2.75, 3.05) is 12.4 Å². The van der Waals surface area contributed by atoms with Crippen LogP contribution in [0.25, 0.3) is 0 Å². The predicted molar refractivity (Wildman–Crippen MR) is 64.7 cm³/mol. The Morgan fingerprint density at radius 3 is 3.00 bits per heavy atom. The minimum atomic E-state index is 0.155. The monoisotopic (exact) mass is 239 g/mol. The van der Waals surface area contributed by atoms with Gasteiger partial charge < -0.3 is 10.1 Å². The highest BCUT2D eigenvalue weighted by Crippen LogP contribution is 2.21. The number of nitrogens with zero attached hydrogens (tertiary/aromatic N) is 2. The van der Waals surface area contributed by atoms with Crippen LogP contribution in [-0.4, -0.2) is 23.1 Å². The molecule has 1 N–H and O–H groups in total. The Kier molecular flexibility index (Phi) is 4.87. The second-order valence-corrected chi connectivity index (χ2v) is 3.62. The molecule has 1 rings (SSSR count). The Hall–Kier alpha value is -1.47. The third kappa shape index (κ3) is 3.28. The fourth-order valence-electron chi connectivity index (χ4n) is 1.18. The first-order valence-corrected chi connectivity index (χ1v) is 5.35. The van der Waals surface area contributed by atoms with Crippen LogP contribution in [0.5, 0.6) is 6.01 Å². The Labute approximate surface area is 100 Å². The average Bonchev–Trinajstić information content (AvgIpc) is 2.31. The number of terminal acetylenes is 1. The maximum atomic E-state index is 5.96. The van der Waals surface area contributed by atoms with Gasteiger partial charge in [0.1, 0.15) is 5.02 Å². The molecule has 1 heterocycles. The third-order valence-corrected chi connectivity index (χ3v) is 2.38. The summed E-state index contributed by atoms with van der Waals surface area (Å²) in [5.41, 5.74) is 0. The molecule has 0 aliphatic rings. The largest absolute Gasteiger partial charge is 0.467 e. The summed E-state index contributed by atoms with van der Waals surface area (Å²) < 4.78 is 4.92. The van der Waals surface area contributed by atoms with Crippen LogP contribution < -0.4 is 10.1 Å². The van der Waals surface area contributed by atoms with Crippen molar-refractivity contribution in [2.45, 2.75) is 25.8 Å². The average molecular weight is 240 g/mol. The van der Waals surface area contributed by atoms with E-state index in [1.807, 2.05) is 6.92 Å². The summed E-state index contributed by atoms with van der Waals surface area (Å²) in [5.74, 6) is 3.16. The number of rotatable bonds is 5. The van der Waals surface area contributed by atoms with Gasteiger partial charge in [-0.05, 0) is 6.42 Å². The van der Waals surface area contributed by atoms with Gasteiger partial charge >= 0.3 is 6.01 Å². The maximum absolute atomic E-state index is 5.96.